The molecule has 1 heterocycles. The van der Waals surface area contributed by atoms with Gasteiger partial charge in [0.15, 0.2) is 0 Å². The van der Waals surface area contributed by atoms with Crippen molar-refractivity contribution in [3.63, 3.8) is 0 Å². The number of nitrogens with one attached hydrogen (secondary N) is 1. The van der Waals surface area contributed by atoms with Gasteiger partial charge in [0.25, 0.3) is 0 Å². The molecule has 1 aliphatic heterocycles. The Kier molecular flexibility index (Phi) is 3.33. The van der Waals surface area contributed by atoms with E-state index in [2.05, 4.69) is 5.32 Å². The van der Waals surface area contributed by atoms with E-state index in [1.165, 1.54) is 0 Å². The highest BCUT2D eigenvalue weighted by Gasteiger charge is 1.97. The van der Waals surface area contributed by atoms with E-state index in [1.54, 1.807) is 6.92 Å². The lowest BCUT2D eigenvalue weighted by atomic mass is 10.2. The lowest BCUT2D eigenvalue weighted by Crippen LogP contribution is -2.05. The van der Waals surface area contributed by atoms with Crippen LogP contribution >= 0.6 is 0 Å². The Bertz CT molecular complexity index is 249. The molecule has 1 aliphatic rings. The molecule has 1 N–H and O–H groups in total. The normalized spacial score (nSPS) is 14.9. The summed E-state index contributed by atoms with van der Waals surface area (Å²) in [4.78, 5) is 10.7. The molecule has 0 unspecified atom stereocenters. The molecular formula is C10H13NO. The first-order valence-electron chi connectivity index (χ1n) is 4.07. The number of allylic oxidation sites excluding steroid dienone is 5. The lowest BCUT2D eigenvalue weighted by molar-refractivity contribution is -0.116. The standard InChI is InChI=1S/C10H13NO/c1-9(12)6-7-10-5-3-2-4-8-11-10/h2-5,8,11H,6-7H2,1H3. The maximum atomic E-state index is 10.7. The molecular weight excluding hydrogens is 150 g/mol. The summed E-state index contributed by atoms with van der Waals surface area (Å²) in [6, 6.07) is 0. The fourth-order valence-corrected chi connectivity index (χ4v) is 0.961. The van der Waals surface area contributed by atoms with Crippen LogP contribution in [0.1, 0.15) is 19.8 Å². The van der Waals surface area contributed by atoms with Gasteiger partial charge in [0.1, 0.15) is 5.78 Å². The third kappa shape index (κ3) is 3.19. The molecule has 0 spiro atoms. The van der Waals surface area contributed by atoms with E-state index in [9.17, 15) is 4.79 Å². The zero-order valence-electron chi connectivity index (χ0n) is 7.21. The van der Waals surface area contributed by atoms with Crippen LogP contribution in [0.2, 0.25) is 0 Å². The Morgan fingerprint density at radius 3 is 3.00 bits per heavy atom. The summed E-state index contributed by atoms with van der Waals surface area (Å²) in [6.07, 6.45) is 11.1. The minimum absolute atomic E-state index is 0.231. The molecule has 12 heavy (non-hydrogen) atoms. The van der Waals surface area contributed by atoms with Gasteiger partial charge in [-0.25, -0.2) is 0 Å². The fourth-order valence-electron chi connectivity index (χ4n) is 0.961. The first-order valence-corrected chi connectivity index (χ1v) is 4.07. The van der Waals surface area contributed by atoms with Crippen LogP contribution in [0.15, 0.2) is 36.2 Å². The number of ketones is 1. The van der Waals surface area contributed by atoms with Crippen molar-refractivity contribution < 1.29 is 4.79 Å². The van der Waals surface area contributed by atoms with E-state index < -0.39 is 0 Å². The van der Waals surface area contributed by atoms with E-state index in [0.717, 1.165) is 12.1 Å². The maximum Gasteiger partial charge on any atom is 0.130 e. The Morgan fingerprint density at radius 1 is 1.42 bits per heavy atom. The topological polar surface area (TPSA) is 29.1 Å². The molecule has 0 atom stereocenters. The van der Waals surface area contributed by atoms with Crippen molar-refractivity contribution in [1.82, 2.24) is 5.32 Å². The maximum absolute atomic E-state index is 10.7. The van der Waals surface area contributed by atoms with E-state index >= 15 is 0 Å². The summed E-state index contributed by atoms with van der Waals surface area (Å²) in [5.74, 6) is 0.231. The second-order valence-electron chi connectivity index (χ2n) is 2.78. The predicted molar refractivity (Wildman–Crippen MR) is 49.4 cm³/mol. The number of hydrogen-bond donors (Lipinski definition) is 1. The molecule has 0 saturated carbocycles. The highest BCUT2D eigenvalue weighted by Crippen LogP contribution is 2.04. The molecule has 0 aromatic carbocycles. The average Bonchev–Trinajstić information content (AvgIpc) is 2.28. The van der Waals surface area contributed by atoms with Crippen LogP contribution in [0.4, 0.5) is 0 Å². The summed E-state index contributed by atoms with van der Waals surface area (Å²) in [5, 5.41) is 3.10. The number of hydrogen-bond acceptors (Lipinski definition) is 2. The quantitative estimate of drug-likeness (QED) is 0.688. The Hall–Kier alpha value is -1.31. The molecule has 2 heteroatoms. The molecule has 0 aromatic rings. The van der Waals surface area contributed by atoms with Gasteiger partial charge in [-0.1, -0.05) is 12.2 Å². The average molecular weight is 163 g/mol. The highest BCUT2D eigenvalue weighted by atomic mass is 16.1. The van der Waals surface area contributed by atoms with Gasteiger partial charge in [0, 0.05) is 18.3 Å². The summed E-state index contributed by atoms with van der Waals surface area (Å²) >= 11 is 0. The molecule has 64 valence electrons. The third-order valence-electron chi connectivity index (χ3n) is 1.63. The Morgan fingerprint density at radius 2 is 2.25 bits per heavy atom. The van der Waals surface area contributed by atoms with Gasteiger partial charge in [-0.3, -0.25) is 0 Å². The Balaban J connectivity index is 2.41. The van der Waals surface area contributed by atoms with Crippen molar-refractivity contribution >= 4 is 5.78 Å². The number of carbonyl (C=O) groups is 1. The van der Waals surface area contributed by atoms with Gasteiger partial charge in [-0.05, 0) is 25.5 Å². The minimum Gasteiger partial charge on any atom is -0.365 e. The van der Waals surface area contributed by atoms with Crippen LogP contribution in [-0.2, 0) is 4.79 Å². The molecule has 0 radical (unpaired) electrons. The summed E-state index contributed by atoms with van der Waals surface area (Å²) < 4.78 is 0. The monoisotopic (exact) mass is 163 g/mol. The van der Waals surface area contributed by atoms with Crippen molar-refractivity contribution in [2.24, 2.45) is 0 Å². The van der Waals surface area contributed by atoms with E-state index in [0.29, 0.717) is 6.42 Å². The van der Waals surface area contributed by atoms with Crippen LogP contribution in [-0.4, -0.2) is 5.78 Å². The van der Waals surface area contributed by atoms with Gasteiger partial charge in [-0.2, -0.15) is 0 Å². The molecule has 0 bridgehead atoms. The van der Waals surface area contributed by atoms with Crippen molar-refractivity contribution in [3.05, 3.63) is 36.2 Å². The van der Waals surface area contributed by atoms with E-state index in [-0.39, 0.29) is 5.78 Å². The van der Waals surface area contributed by atoms with Crippen LogP contribution < -0.4 is 5.32 Å². The fraction of sp³-hybridized carbons (Fsp3) is 0.300. The van der Waals surface area contributed by atoms with Crippen LogP contribution in [0.5, 0.6) is 0 Å². The van der Waals surface area contributed by atoms with Crippen molar-refractivity contribution in [1.29, 1.82) is 0 Å². The SMILES string of the molecule is CC(=O)CCC1=CC=CC=CN1. The number of Topliss-reactive ketones (excluding diaryl/α,β-unsaturated/α-hetero) is 1. The largest absolute Gasteiger partial charge is 0.365 e. The summed E-state index contributed by atoms with van der Waals surface area (Å²) in [6.45, 7) is 1.61. The van der Waals surface area contributed by atoms with Gasteiger partial charge in [0.05, 0.1) is 0 Å². The zero-order valence-corrected chi connectivity index (χ0v) is 7.21. The van der Waals surface area contributed by atoms with Gasteiger partial charge < -0.3 is 10.1 Å². The summed E-state index contributed by atoms with van der Waals surface area (Å²) in [7, 11) is 0. The second kappa shape index (κ2) is 4.54. The number of carbonyl (C=O) groups excluding carboxylic acids is 1. The molecule has 0 saturated heterocycles. The Labute approximate surface area is 72.7 Å². The molecule has 0 aliphatic carbocycles. The van der Waals surface area contributed by atoms with Gasteiger partial charge in [0.2, 0.25) is 0 Å². The molecule has 1 rings (SSSR count). The molecule has 2 nitrogen and oxygen atoms in total. The van der Waals surface area contributed by atoms with E-state index in [1.807, 2.05) is 30.5 Å². The first kappa shape index (κ1) is 8.78. The second-order valence-corrected chi connectivity index (χ2v) is 2.78. The van der Waals surface area contributed by atoms with Gasteiger partial charge >= 0.3 is 0 Å². The van der Waals surface area contributed by atoms with Crippen LogP contribution in [0.3, 0.4) is 0 Å². The summed E-state index contributed by atoms with van der Waals surface area (Å²) in [5.41, 5.74) is 1.09. The smallest absolute Gasteiger partial charge is 0.130 e. The zero-order chi connectivity index (χ0) is 8.81. The molecule has 0 aromatic heterocycles. The third-order valence-corrected chi connectivity index (χ3v) is 1.63. The van der Waals surface area contributed by atoms with Crippen molar-refractivity contribution in [2.75, 3.05) is 0 Å². The van der Waals surface area contributed by atoms with Gasteiger partial charge in [-0.15, -0.1) is 0 Å². The first-order chi connectivity index (χ1) is 5.79. The predicted octanol–water partition coefficient (Wildman–Crippen LogP) is 1.91. The van der Waals surface area contributed by atoms with Crippen molar-refractivity contribution in [3.8, 4) is 0 Å². The molecule has 0 fully saturated rings. The minimum atomic E-state index is 0.231. The van der Waals surface area contributed by atoms with Crippen LogP contribution in [0.25, 0.3) is 0 Å². The molecule has 0 amide bonds. The van der Waals surface area contributed by atoms with E-state index in [4.69, 9.17) is 0 Å². The van der Waals surface area contributed by atoms with Crippen molar-refractivity contribution in [2.45, 2.75) is 19.8 Å². The highest BCUT2D eigenvalue weighted by molar-refractivity contribution is 5.75. The lowest BCUT2D eigenvalue weighted by Gasteiger charge is -2.03. The number of rotatable bonds is 3. The van der Waals surface area contributed by atoms with Crippen LogP contribution in [0, 0.1) is 0 Å².